The summed E-state index contributed by atoms with van der Waals surface area (Å²) in [4.78, 5) is 24.6. The number of nitrogens with two attached hydrogens (primary N) is 1. The summed E-state index contributed by atoms with van der Waals surface area (Å²) in [6.07, 6.45) is 9.95. The van der Waals surface area contributed by atoms with Crippen LogP contribution in [0.4, 0.5) is 0 Å². The molecule has 4 aliphatic rings. The van der Waals surface area contributed by atoms with Crippen LogP contribution in [0.25, 0.3) is 5.57 Å². The maximum atomic E-state index is 12.3. The molecule has 34 heavy (non-hydrogen) atoms. The lowest BCUT2D eigenvalue weighted by molar-refractivity contribution is -0.527. The van der Waals surface area contributed by atoms with Gasteiger partial charge in [-0.15, -0.1) is 0 Å². The quantitative estimate of drug-likeness (QED) is 0.646. The van der Waals surface area contributed by atoms with Crippen molar-refractivity contribution in [2.75, 3.05) is 19.6 Å². The maximum absolute atomic E-state index is 12.3. The molecule has 1 aromatic heterocycles. The van der Waals surface area contributed by atoms with Crippen LogP contribution >= 0.6 is 0 Å². The molecule has 3 aliphatic heterocycles. The minimum absolute atomic E-state index is 0.288. The van der Waals surface area contributed by atoms with Crippen molar-refractivity contribution in [1.82, 2.24) is 20.2 Å². The summed E-state index contributed by atoms with van der Waals surface area (Å²) in [5, 5.41) is 14.9. The zero-order valence-electron chi connectivity index (χ0n) is 18.9. The zero-order valence-corrected chi connectivity index (χ0v) is 18.9. The van der Waals surface area contributed by atoms with Gasteiger partial charge in [-0.1, -0.05) is 30.3 Å². The van der Waals surface area contributed by atoms with Crippen molar-refractivity contribution in [2.45, 2.75) is 31.7 Å². The van der Waals surface area contributed by atoms with Crippen LogP contribution in [0.5, 0.6) is 0 Å². The molecule has 2 aromatic rings. The maximum Gasteiger partial charge on any atom is 0.263 e. The molecule has 2 fully saturated rings. The molecule has 0 spiro atoms. The number of hydroxylamine groups is 1. The fourth-order valence-electron chi connectivity index (χ4n) is 4.73. The molecule has 1 aromatic carbocycles. The van der Waals surface area contributed by atoms with Gasteiger partial charge in [0.25, 0.3) is 5.88 Å². The minimum atomic E-state index is 0.288. The van der Waals surface area contributed by atoms with Crippen molar-refractivity contribution >= 4 is 23.2 Å². The SMILES string of the molecule is N=C1[NH2+]CC(c2cnn(C3CCN(C(=O)C4CC4)CC3)c2)=CC1=C1N=C(c2ccccc2)NO1. The largest absolute Gasteiger partial charge is 0.359 e. The molecule has 1 saturated carbocycles. The first-order valence-electron chi connectivity index (χ1n) is 11.9. The highest BCUT2D eigenvalue weighted by molar-refractivity contribution is 6.02. The molecular weight excluding hydrogens is 430 g/mol. The third kappa shape index (κ3) is 4.03. The lowest BCUT2D eigenvalue weighted by Gasteiger charge is -2.32. The van der Waals surface area contributed by atoms with E-state index in [0.29, 0.717) is 41.6 Å². The Balaban J connectivity index is 1.19. The molecule has 0 bridgehead atoms. The lowest BCUT2D eigenvalue weighted by atomic mass is 10.0. The first kappa shape index (κ1) is 20.9. The highest BCUT2D eigenvalue weighted by atomic mass is 16.7. The van der Waals surface area contributed by atoms with Gasteiger partial charge in [-0.2, -0.15) is 10.1 Å². The fraction of sp³-hybridized carbons (Fsp3) is 0.360. The second-order valence-corrected chi connectivity index (χ2v) is 9.28. The van der Waals surface area contributed by atoms with Gasteiger partial charge >= 0.3 is 0 Å². The van der Waals surface area contributed by atoms with E-state index >= 15 is 0 Å². The van der Waals surface area contributed by atoms with E-state index in [2.05, 4.69) is 21.8 Å². The molecule has 6 rings (SSSR count). The second kappa shape index (κ2) is 8.57. The molecule has 0 atom stereocenters. The van der Waals surface area contributed by atoms with E-state index in [1.807, 2.05) is 57.5 Å². The number of nitrogens with zero attached hydrogens (tertiary/aromatic N) is 4. The van der Waals surface area contributed by atoms with Crippen molar-refractivity contribution in [3.8, 4) is 0 Å². The Morgan fingerprint density at radius 2 is 1.91 bits per heavy atom. The topological polar surface area (TPSA) is 112 Å². The average molecular weight is 459 g/mol. The fourth-order valence-corrected chi connectivity index (χ4v) is 4.73. The third-order valence-corrected chi connectivity index (χ3v) is 6.92. The number of carbonyl (C=O) groups is 1. The van der Waals surface area contributed by atoms with Gasteiger partial charge in [0.05, 0.1) is 12.2 Å². The highest BCUT2D eigenvalue weighted by Crippen LogP contribution is 2.33. The number of piperidine rings is 1. The predicted octanol–water partition coefficient (Wildman–Crippen LogP) is 1.59. The van der Waals surface area contributed by atoms with Crippen LogP contribution in [0.1, 0.15) is 42.9 Å². The Kier molecular flexibility index (Phi) is 5.26. The molecule has 0 radical (unpaired) electrons. The van der Waals surface area contributed by atoms with Crippen LogP contribution in [0.3, 0.4) is 0 Å². The van der Waals surface area contributed by atoms with Crippen LogP contribution in [-0.4, -0.2) is 51.9 Å². The van der Waals surface area contributed by atoms with Gasteiger partial charge in [-0.25, -0.2) is 10.9 Å². The van der Waals surface area contributed by atoms with Crippen LogP contribution < -0.4 is 10.8 Å². The number of amidine groups is 2. The summed E-state index contributed by atoms with van der Waals surface area (Å²) in [5.74, 6) is 2.07. The summed E-state index contributed by atoms with van der Waals surface area (Å²) >= 11 is 0. The van der Waals surface area contributed by atoms with Gasteiger partial charge in [0.2, 0.25) is 11.7 Å². The Bertz CT molecular complexity index is 1210. The standard InChI is InChI=1S/C25H27N7O2/c26-22-21(24-29-23(30-34-24)16-4-2-1-3-5-16)12-18(13-27-22)19-14-28-32(15-19)20-8-10-31(11-9-20)25(33)17-6-7-17/h1-5,12,14-15,17,20H,6-11,13H2,(H2,26,27)(H,29,30)/p+1. The van der Waals surface area contributed by atoms with Crippen LogP contribution in [0, 0.1) is 11.3 Å². The first-order chi connectivity index (χ1) is 16.7. The van der Waals surface area contributed by atoms with Crippen molar-refractivity contribution in [3.05, 3.63) is 71.4 Å². The van der Waals surface area contributed by atoms with E-state index in [1.165, 1.54) is 0 Å². The number of hydrogen-bond donors (Lipinski definition) is 3. The second-order valence-electron chi connectivity index (χ2n) is 9.28. The number of nitrogens with one attached hydrogen (secondary N) is 2. The number of carbonyl (C=O) groups excluding carboxylic acids is 1. The van der Waals surface area contributed by atoms with Crippen molar-refractivity contribution in [3.63, 3.8) is 0 Å². The van der Waals surface area contributed by atoms with Gasteiger partial charge in [0.1, 0.15) is 12.1 Å². The molecule has 174 valence electrons. The number of hydrogen-bond acceptors (Lipinski definition) is 6. The Morgan fingerprint density at radius 3 is 2.68 bits per heavy atom. The summed E-state index contributed by atoms with van der Waals surface area (Å²) < 4.78 is 2.04. The van der Waals surface area contributed by atoms with Gasteiger partial charge in [0.15, 0.2) is 5.84 Å². The molecule has 9 heteroatoms. The normalized spacial score (nSPS) is 23.3. The molecule has 4 heterocycles. The molecule has 1 aliphatic carbocycles. The Morgan fingerprint density at radius 1 is 1.12 bits per heavy atom. The van der Waals surface area contributed by atoms with Gasteiger partial charge in [-0.05, 0) is 31.8 Å². The summed E-state index contributed by atoms with van der Waals surface area (Å²) in [6, 6.07) is 10.1. The van der Waals surface area contributed by atoms with Gasteiger partial charge in [-0.3, -0.25) is 14.8 Å². The summed E-state index contributed by atoms with van der Waals surface area (Å²) in [5.41, 5.74) is 6.58. The predicted molar refractivity (Wildman–Crippen MR) is 127 cm³/mol. The number of benzene rings is 1. The van der Waals surface area contributed by atoms with E-state index in [1.54, 1.807) is 0 Å². The van der Waals surface area contributed by atoms with Gasteiger partial charge in [0, 0.05) is 41.9 Å². The summed E-state index contributed by atoms with van der Waals surface area (Å²) in [6.45, 7) is 2.29. The molecular formula is C25H28N7O2+. The average Bonchev–Trinajstić information content (AvgIpc) is 3.40. The monoisotopic (exact) mass is 458 g/mol. The Labute approximate surface area is 197 Å². The van der Waals surface area contributed by atoms with E-state index in [-0.39, 0.29) is 5.92 Å². The highest BCUT2D eigenvalue weighted by Gasteiger charge is 2.35. The molecule has 0 unspecified atom stereocenters. The van der Waals surface area contributed by atoms with Crippen molar-refractivity contribution in [1.29, 1.82) is 5.41 Å². The Hall–Kier alpha value is -3.72. The zero-order chi connectivity index (χ0) is 23.1. The smallest absolute Gasteiger partial charge is 0.263 e. The van der Waals surface area contributed by atoms with Crippen molar-refractivity contribution < 1.29 is 14.9 Å². The number of aromatic nitrogens is 2. The van der Waals surface area contributed by atoms with Crippen LogP contribution in [-0.2, 0) is 9.63 Å². The molecule has 9 nitrogen and oxygen atoms in total. The number of quaternary nitrogens is 1. The number of aliphatic imine (C=N–C) groups is 1. The molecule has 4 N–H and O–H groups in total. The molecule has 1 amide bonds. The molecule has 1 saturated heterocycles. The van der Waals surface area contributed by atoms with Crippen LogP contribution in [0.15, 0.2) is 65.3 Å². The van der Waals surface area contributed by atoms with Gasteiger partial charge < -0.3 is 9.74 Å². The van der Waals surface area contributed by atoms with E-state index < -0.39 is 0 Å². The minimum Gasteiger partial charge on any atom is -0.359 e. The summed E-state index contributed by atoms with van der Waals surface area (Å²) in [7, 11) is 0. The van der Waals surface area contributed by atoms with E-state index in [0.717, 1.165) is 55.5 Å². The van der Waals surface area contributed by atoms with E-state index in [4.69, 9.17) is 10.2 Å². The number of likely N-dealkylation sites (tertiary alicyclic amines) is 1. The third-order valence-electron chi connectivity index (χ3n) is 6.92. The number of rotatable bonds is 4. The first-order valence-corrected chi connectivity index (χ1v) is 11.9. The van der Waals surface area contributed by atoms with Crippen LogP contribution in [0.2, 0.25) is 0 Å². The van der Waals surface area contributed by atoms with E-state index in [9.17, 15) is 4.79 Å². The van der Waals surface area contributed by atoms with Crippen molar-refractivity contribution in [2.24, 2.45) is 10.9 Å². The number of amides is 1. The lowest BCUT2D eigenvalue weighted by Crippen LogP contribution is -2.89.